The second-order valence-electron chi connectivity index (χ2n) is 3.75. The summed E-state index contributed by atoms with van der Waals surface area (Å²) in [7, 11) is 0. The van der Waals surface area contributed by atoms with Crippen molar-refractivity contribution in [1.82, 2.24) is 10.2 Å². The SMILES string of the molecule is CC(C)Nc1n[nH]c2ccccc2c1=O. The molecule has 15 heavy (non-hydrogen) atoms. The number of anilines is 1. The molecule has 0 saturated heterocycles. The van der Waals surface area contributed by atoms with Gasteiger partial charge in [0.2, 0.25) is 5.43 Å². The summed E-state index contributed by atoms with van der Waals surface area (Å²) in [6, 6.07) is 7.54. The van der Waals surface area contributed by atoms with Crippen molar-refractivity contribution >= 4 is 16.7 Å². The Kier molecular flexibility index (Phi) is 2.41. The van der Waals surface area contributed by atoms with E-state index in [0.717, 1.165) is 5.52 Å². The minimum atomic E-state index is -0.0574. The molecule has 2 N–H and O–H groups in total. The average molecular weight is 203 g/mol. The van der Waals surface area contributed by atoms with Gasteiger partial charge in [-0.25, -0.2) is 0 Å². The number of nitrogens with one attached hydrogen (secondary N) is 2. The number of hydrogen-bond acceptors (Lipinski definition) is 3. The van der Waals surface area contributed by atoms with E-state index in [4.69, 9.17) is 0 Å². The highest BCUT2D eigenvalue weighted by molar-refractivity contribution is 5.79. The predicted molar refractivity (Wildman–Crippen MR) is 61.1 cm³/mol. The molecule has 0 spiro atoms. The van der Waals surface area contributed by atoms with E-state index in [1.54, 1.807) is 6.07 Å². The number of fused-ring (bicyclic) bond motifs is 1. The van der Waals surface area contributed by atoms with Crippen molar-refractivity contribution in [2.24, 2.45) is 0 Å². The molecular formula is C11H13N3O. The van der Waals surface area contributed by atoms with Crippen molar-refractivity contribution < 1.29 is 0 Å². The van der Waals surface area contributed by atoms with Crippen LogP contribution in [0.1, 0.15) is 13.8 Å². The largest absolute Gasteiger partial charge is 0.363 e. The van der Waals surface area contributed by atoms with Crippen LogP contribution in [-0.4, -0.2) is 16.2 Å². The first-order chi connectivity index (χ1) is 7.18. The lowest BCUT2D eigenvalue weighted by Gasteiger charge is -2.08. The summed E-state index contributed by atoms with van der Waals surface area (Å²) in [5.41, 5.74) is 0.704. The minimum absolute atomic E-state index is 0.0574. The van der Waals surface area contributed by atoms with Crippen molar-refractivity contribution in [2.45, 2.75) is 19.9 Å². The smallest absolute Gasteiger partial charge is 0.231 e. The Balaban J connectivity index is 2.60. The predicted octanol–water partition coefficient (Wildman–Crippen LogP) is 1.74. The van der Waals surface area contributed by atoms with Gasteiger partial charge in [-0.1, -0.05) is 12.1 Å². The number of hydrogen-bond donors (Lipinski definition) is 2. The maximum Gasteiger partial charge on any atom is 0.231 e. The summed E-state index contributed by atoms with van der Waals surface area (Å²) < 4.78 is 0. The third kappa shape index (κ3) is 1.83. The second kappa shape index (κ2) is 3.73. The number of rotatable bonds is 2. The van der Waals surface area contributed by atoms with E-state index in [1.165, 1.54) is 0 Å². The molecule has 0 aliphatic heterocycles. The maximum absolute atomic E-state index is 11.9. The van der Waals surface area contributed by atoms with Crippen LogP contribution in [0.15, 0.2) is 29.1 Å². The van der Waals surface area contributed by atoms with Crippen LogP contribution in [0.5, 0.6) is 0 Å². The number of aromatic nitrogens is 2. The zero-order chi connectivity index (χ0) is 10.8. The van der Waals surface area contributed by atoms with Gasteiger partial charge in [0.15, 0.2) is 5.82 Å². The van der Waals surface area contributed by atoms with Crippen LogP contribution in [0.25, 0.3) is 10.9 Å². The van der Waals surface area contributed by atoms with Gasteiger partial charge in [-0.15, -0.1) is 0 Å². The first kappa shape index (κ1) is 9.71. The van der Waals surface area contributed by atoms with E-state index in [-0.39, 0.29) is 11.5 Å². The summed E-state index contributed by atoms with van der Waals surface area (Å²) in [5.74, 6) is 0.378. The number of H-pyrrole nitrogens is 1. The lowest BCUT2D eigenvalue weighted by atomic mass is 10.2. The minimum Gasteiger partial charge on any atom is -0.363 e. The van der Waals surface area contributed by atoms with Gasteiger partial charge in [-0.3, -0.25) is 9.89 Å². The summed E-state index contributed by atoms with van der Waals surface area (Å²) in [4.78, 5) is 11.9. The lowest BCUT2D eigenvalue weighted by molar-refractivity contribution is 0.875. The summed E-state index contributed by atoms with van der Waals surface area (Å²) in [6.07, 6.45) is 0. The first-order valence-electron chi connectivity index (χ1n) is 4.92. The van der Waals surface area contributed by atoms with Crippen LogP contribution in [0.3, 0.4) is 0 Å². The number of para-hydroxylation sites is 1. The molecule has 0 amide bonds. The molecule has 1 aromatic heterocycles. The van der Waals surface area contributed by atoms with E-state index in [9.17, 15) is 4.79 Å². The zero-order valence-electron chi connectivity index (χ0n) is 8.74. The fourth-order valence-corrected chi connectivity index (χ4v) is 1.44. The molecule has 2 aromatic rings. The lowest BCUT2D eigenvalue weighted by Crippen LogP contribution is -2.19. The molecule has 4 heteroatoms. The van der Waals surface area contributed by atoms with E-state index >= 15 is 0 Å². The molecule has 0 unspecified atom stereocenters. The van der Waals surface area contributed by atoms with Gasteiger partial charge in [0.25, 0.3) is 0 Å². The molecule has 0 atom stereocenters. The Morgan fingerprint density at radius 2 is 2.07 bits per heavy atom. The molecular weight excluding hydrogens is 190 g/mol. The van der Waals surface area contributed by atoms with E-state index in [0.29, 0.717) is 11.2 Å². The molecule has 0 bridgehead atoms. The fraction of sp³-hybridized carbons (Fsp3) is 0.273. The Morgan fingerprint density at radius 3 is 2.80 bits per heavy atom. The molecule has 1 aromatic carbocycles. The van der Waals surface area contributed by atoms with Crippen LogP contribution >= 0.6 is 0 Å². The molecule has 0 radical (unpaired) electrons. The van der Waals surface area contributed by atoms with Crippen LogP contribution < -0.4 is 10.7 Å². The Morgan fingerprint density at radius 1 is 1.33 bits per heavy atom. The molecule has 0 saturated carbocycles. The monoisotopic (exact) mass is 203 g/mol. The number of aromatic amines is 1. The third-order valence-electron chi connectivity index (χ3n) is 2.10. The van der Waals surface area contributed by atoms with Gasteiger partial charge in [-0.2, -0.15) is 5.10 Å². The highest BCUT2D eigenvalue weighted by atomic mass is 16.1. The Bertz CT molecular complexity index is 531. The van der Waals surface area contributed by atoms with Crippen LogP contribution in [-0.2, 0) is 0 Å². The Hall–Kier alpha value is -1.84. The molecule has 0 aliphatic carbocycles. The maximum atomic E-state index is 11.9. The van der Waals surface area contributed by atoms with Crippen molar-refractivity contribution in [3.8, 4) is 0 Å². The summed E-state index contributed by atoms with van der Waals surface area (Å²) in [6.45, 7) is 3.94. The van der Waals surface area contributed by atoms with Gasteiger partial charge in [0.05, 0.1) is 10.9 Å². The average Bonchev–Trinajstić information content (AvgIpc) is 2.22. The molecule has 1 heterocycles. The molecule has 2 rings (SSSR count). The number of nitrogens with zero attached hydrogens (tertiary/aromatic N) is 1. The van der Waals surface area contributed by atoms with Gasteiger partial charge in [0.1, 0.15) is 0 Å². The van der Waals surface area contributed by atoms with E-state index in [1.807, 2.05) is 32.0 Å². The van der Waals surface area contributed by atoms with Crippen molar-refractivity contribution in [3.63, 3.8) is 0 Å². The van der Waals surface area contributed by atoms with Crippen molar-refractivity contribution in [2.75, 3.05) is 5.32 Å². The van der Waals surface area contributed by atoms with Crippen molar-refractivity contribution in [3.05, 3.63) is 34.5 Å². The summed E-state index contributed by atoms with van der Waals surface area (Å²) in [5, 5.41) is 10.5. The van der Waals surface area contributed by atoms with Crippen LogP contribution in [0.2, 0.25) is 0 Å². The standard InChI is InChI=1S/C11H13N3O/c1-7(2)12-11-10(15)8-5-3-4-6-9(8)13-14-11/h3-7H,1-2H3,(H,12,14)(H,13,15). The molecule has 4 nitrogen and oxygen atoms in total. The topological polar surface area (TPSA) is 57.8 Å². The van der Waals surface area contributed by atoms with E-state index < -0.39 is 0 Å². The van der Waals surface area contributed by atoms with E-state index in [2.05, 4.69) is 15.5 Å². The molecule has 0 aliphatic rings. The van der Waals surface area contributed by atoms with Crippen molar-refractivity contribution in [1.29, 1.82) is 0 Å². The first-order valence-corrected chi connectivity index (χ1v) is 4.92. The molecule has 78 valence electrons. The summed E-state index contributed by atoms with van der Waals surface area (Å²) >= 11 is 0. The van der Waals surface area contributed by atoms with Gasteiger partial charge in [-0.05, 0) is 26.0 Å². The van der Waals surface area contributed by atoms with Crippen LogP contribution in [0, 0.1) is 0 Å². The normalized spacial score (nSPS) is 10.9. The highest BCUT2D eigenvalue weighted by Crippen LogP contribution is 2.07. The van der Waals surface area contributed by atoms with Crippen LogP contribution in [0.4, 0.5) is 5.82 Å². The Labute approximate surface area is 87.3 Å². The second-order valence-corrected chi connectivity index (χ2v) is 3.75. The van der Waals surface area contributed by atoms with Gasteiger partial charge < -0.3 is 5.32 Å². The number of benzene rings is 1. The third-order valence-corrected chi connectivity index (χ3v) is 2.10. The zero-order valence-corrected chi connectivity index (χ0v) is 8.74. The van der Waals surface area contributed by atoms with Gasteiger partial charge >= 0.3 is 0 Å². The quantitative estimate of drug-likeness (QED) is 0.781. The molecule has 0 fully saturated rings. The van der Waals surface area contributed by atoms with Gasteiger partial charge in [0, 0.05) is 6.04 Å². The fourth-order valence-electron chi connectivity index (χ4n) is 1.44. The highest BCUT2D eigenvalue weighted by Gasteiger charge is 2.06.